The van der Waals surface area contributed by atoms with Crippen LogP contribution in [0.15, 0.2) is 34.9 Å². The van der Waals surface area contributed by atoms with Crippen molar-refractivity contribution in [2.75, 3.05) is 5.73 Å². The van der Waals surface area contributed by atoms with Crippen LogP contribution in [0, 0.1) is 0 Å². The highest BCUT2D eigenvalue weighted by Crippen LogP contribution is 2.20. The van der Waals surface area contributed by atoms with E-state index in [1.807, 2.05) is 31.2 Å². The van der Waals surface area contributed by atoms with Gasteiger partial charge in [0.25, 0.3) is 0 Å². The van der Waals surface area contributed by atoms with Crippen LogP contribution in [-0.2, 0) is 6.42 Å². The van der Waals surface area contributed by atoms with E-state index in [0.29, 0.717) is 0 Å². The zero-order valence-electron chi connectivity index (χ0n) is 8.03. The van der Waals surface area contributed by atoms with E-state index in [-0.39, 0.29) is 0 Å². The molecule has 3 heteroatoms. The van der Waals surface area contributed by atoms with Crippen LogP contribution in [0.1, 0.15) is 12.8 Å². The average molecular weight is 188 g/mol. The van der Waals surface area contributed by atoms with Crippen LogP contribution >= 0.6 is 0 Å². The lowest BCUT2D eigenvalue weighted by Gasteiger charge is -1.96. The van der Waals surface area contributed by atoms with Gasteiger partial charge < -0.3 is 10.2 Å². The van der Waals surface area contributed by atoms with Gasteiger partial charge in [0.2, 0.25) is 0 Å². The maximum absolute atomic E-state index is 5.68. The van der Waals surface area contributed by atoms with Crippen molar-refractivity contribution in [1.29, 1.82) is 0 Å². The molecule has 0 spiro atoms. The van der Waals surface area contributed by atoms with E-state index >= 15 is 0 Å². The molecule has 0 saturated heterocycles. The molecule has 0 aliphatic carbocycles. The van der Waals surface area contributed by atoms with Crippen LogP contribution < -0.4 is 5.73 Å². The fourth-order valence-electron chi connectivity index (χ4n) is 1.30. The Balaban J connectivity index is 2.39. The molecule has 0 fully saturated rings. The average Bonchev–Trinajstić information content (AvgIpc) is 2.66. The van der Waals surface area contributed by atoms with E-state index < -0.39 is 0 Å². The van der Waals surface area contributed by atoms with Crippen molar-refractivity contribution < 1.29 is 4.42 Å². The second kappa shape index (κ2) is 3.54. The monoisotopic (exact) mass is 188 g/mol. The van der Waals surface area contributed by atoms with Crippen molar-refractivity contribution in [1.82, 2.24) is 4.98 Å². The van der Waals surface area contributed by atoms with Crippen molar-refractivity contribution >= 4 is 5.69 Å². The predicted molar refractivity (Wildman–Crippen MR) is 55.7 cm³/mol. The fourth-order valence-corrected chi connectivity index (χ4v) is 1.30. The van der Waals surface area contributed by atoms with E-state index in [1.54, 1.807) is 6.26 Å². The molecule has 2 aromatic rings. The number of aryl methyl sites for hydroxylation is 1. The number of benzene rings is 1. The molecule has 2 N–H and O–H groups in total. The fraction of sp³-hybridized carbons (Fsp3) is 0.182. The van der Waals surface area contributed by atoms with E-state index in [2.05, 4.69) is 4.98 Å². The van der Waals surface area contributed by atoms with Gasteiger partial charge in [-0.05, 0) is 12.1 Å². The van der Waals surface area contributed by atoms with E-state index in [0.717, 1.165) is 29.3 Å². The van der Waals surface area contributed by atoms with Gasteiger partial charge in [0.15, 0.2) is 5.89 Å². The summed E-state index contributed by atoms with van der Waals surface area (Å²) in [5.41, 5.74) is 8.25. The van der Waals surface area contributed by atoms with E-state index in [1.165, 1.54) is 0 Å². The molecule has 14 heavy (non-hydrogen) atoms. The Labute approximate surface area is 82.6 Å². The molecule has 0 unspecified atom stereocenters. The van der Waals surface area contributed by atoms with Crippen molar-refractivity contribution in [3.05, 3.63) is 36.4 Å². The summed E-state index contributed by atoms with van der Waals surface area (Å²) >= 11 is 0. The van der Waals surface area contributed by atoms with Gasteiger partial charge in [-0.2, -0.15) is 0 Å². The smallest absolute Gasteiger partial charge is 0.194 e. The topological polar surface area (TPSA) is 52.0 Å². The van der Waals surface area contributed by atoms with Gasteiger partial charge in [0.1, 0.15) is 12.0 Å². The Hall–Kier alpha value is -1.77. The predicted octanol–water partition coefficient (Wildman–Crippen LogP) is 2.49. The van der Waals surface area contributed by atoms with Crippen molar-refractivity contribution in [2.45, 2.75) is 13.3 Å². The molecule has 0 bridgehead atoms. The zero-order chi connectivity index (χ0) is 9.97. The standard InChI is InChI=1S/C11H12N2O/c1-2-11-13-10(7-14-11)8-4-3-5-9(12)6-8/h3-7H,2,12H2,1H3. The third kappa shape index (κ3) is 1.62. The Kier molecular flexibility index (Phi) is 2.23. The summed E-state index contributed by atoms with van der Waals surface area (Å²) in [6.07, 6.45) is 2.47. The van der Waals surface area contributed by atoms with Crippen molar-refractivity contribution in [3.63, 3.8) is 0 Å². The van der Waals surface area contributed by atoms with Gasteiger partial charge in [-0.1, -0.05) is 19.1 Å². The molecule has 1 aromatic heterocycles. The minimum absolute atomic E-state index is 0.739. The van der Waals surface area contributed by atoms with Crippen LogP contribution in [-0.4, -0.2) is 4.98 Å². The summed E-state index contributed by atoms with van der Waals surface area (Å²) in [6, 6.07) is 7.61. The van der Waals surface area contributed by atoms with Gasteiger partial charge in [0.05, 0.1) is 0 Å². The minimum Gasteiger partial charge on any atom is -0.448 e. The molecule has 0 amide bonds. The maximum Gasteiger partial charge on any atom is 0.194 e. The van der Waals surface area contributed by atoms with Gasteiger partial charge >= 0.3 is 0 Å². The van der Waals surface area contributed by atoms with Crippen molar-refractivity contribution in [2.24, 2.45) is 0 Å². The number of aromatic nitrogens is 1. The first kappa shape index (κ1) is 8.81. The summed E-state index contributed by atoms with van der Waals surface area (Å²) in [5, 5.41) is 0. The number of nitrogen functional groups attached to an aromatic ring is 1. The zero-order valence-corrected chi connectivity index (χ0v) is 8.03. The number of hydrogen-bond acceptors (Lipinski definition) is 3. The molecule has 0 aliphatic rings. The number of rotatable bonds is 2. The number of oxazole rings is 1. The number of nitrogens with two attached hydrogens (primary N) is 1. The third-order valence-electron chi connectivity index (χ3n) is 2.04. The summed E-state index contributed by atoms with van der Waals surface area (Å²) in [5.74, 6) is 0.752. The quantitative estimate of drug-likeness (QED) is 0.736. The Morgan fingerprint density at radius 1 is 1.43 bits per heavy atom. The first-order chi connectivity index (χ1) is 6.79. The van der Waals surface area contributed by atoms with Crippen LogP contribution in [0.5, 0.6) is 0 Å². The number of hydrogen-bond donors (Lipinski definition) is 1. The minimum atomic E-state index is 0.739. The summed E-state index contributed by atoms with van der Waals surface area (Å²) < 4.78 is 5.26. The van der Waals surface area contributed by atoms with Gasteiger partial charge in [-0.3, -0.25) is 0 Å². The van der Waals surface area contributed by atoms with Crippen molar-refractivity contribution in [3.8, 4) is 11.3 Å². The lowest BCUT2D eigenvalue weighted by molar-refractivity contribution is 0.502. The second-order valence-corrected chi connectivity index (χ2v) is 3.11. The van der Waals surface area contributed by atoms with Gasteiger partial charge in [-0.25, -0.2) is 4.98 Å². The Bertz CT molecular complexity index is 434. The highest BCUT2D eigenvalue weighted by molar-refractivity contribution is 5.62. The number of anilines is 1. The lowest BCUT2D eigenvalue weighted by atomic mass is 10.1. The molecule has 2 rings (SSSR count). The molecule has 3 nitrogen and oxygen atoms in total. The molecule has 0 aliphatic heterocycles. The molecule has 1 heterocycles. The molecule has 72 valence electrons. The highest BCUT2D eigenvalue weighted by Gasteiger charge is 2.04. The summed E-state index contributed by atoms with van der Waals surface area (Å²) in [6.45, 7) is 2.01. The summed E-state index contributed by atoms with van der Waals surface area (Å²) in [7, 11) is 0. The van der Waals surface area contributed by atoms with E-state index in [4.69, 9.17) is 10.2 Å². The largest absolute Gasteiger partial charge is 0.448 e. The SMILES string of the molecule is CCc1nc(-c2cccc(N)c2)co1. The van der Waals surface area contributed by atoms with Gasteiger partial charge in [-0.15, -0.1) is 0 Å². The van der Waals surface area contributed by atoms with Gasteiger partial charge in [0, 0.05) is 17.7 Å². The third-order valence-corrected chi connectivity index (χ3v) is 2.04. The Morgan fingerprint density at radius 2 is 2.29 bits per heavy atom. The molecular weight excluding hydrogens is 176 g/mol. The molecule has 0 saturated carbocycles. The first-order valence-electron chi connectivity index (χ1n) is 4.60. The highest BCUT2D eigenvalue weighted by atomic mass is 16.3. The second-order valence-electron chi connectivity index (χ2n) is 3.11. The summed E-state index contributed by atoms with van der Waals surface area (Å²) in [4.78, 5) is 4.32. The Morgan fingerprint density at radius 3 is 2.93 bits per heavy atom. The molecule has 1 aromatic carbocycles. The van der Waals surface area contributed by atoms with Crippen LogP contribution in [0.4, 0.5) is 5.69 Å². The molecule has 0 atom stereocenters. The number of nitrogens with zero attached hydrogens (tertiary/aromatic N) is 1. The molecule has 0 radical (unpaired) electrons. The lowest BCUT2D eigenvalue weighted by Crippen LogP contribution is -1.85. The normalized spacial score (nSPS) is 10.4. The van der Waals surface area contributed by atoms with Crippen LogP contribution in [0.2, 0.25) is 0 Å². The van der Waals surface area contributed by atoms with Crippen LogP contribution in [0.25, 0.3) is 11.3 Å². The maximum atomic E-state index is 5.68. The first-order valence-corrected chi connectivity index (χ1v) is 4.60. The van der Waals surface area contributed by atoms with E-state index in [9.17, 15) is 0 Å². The molecular formula is C11H12N2O. The van der Waals surface area contributed by atoms with Crippen LogP contribution in [0.3, 0.4) is 0 Å².